The van der Waals surface area contributed by atoms with Gasteiger partial charge >= 0.3 is 11.9 Å². The number of nitrogens with one attached hydrogen (secondary N) is 1. The van der Waals surface area contributed by atoms with Crippen molar-refractivity contribution in [3.05, 3.63) is 24.3 Å². The summed E-state index contributed by atoms with van der Waals surface area (Å²) in [5.74, 6) is -2.17. The van der Waals surface area contributed by atoms with Crippen molar-refractivity contribution in [1.82, 2.24) is 5.32 Å². The molecule has 6 atom stereocenters. The number of aliphatic carboxylic acids is 1. The maximum absolute atomic E-state index is 12.5. The van der Waals surface area contributed by atoms with E-state index in [1.165, 1.54) is 5.57 Å². The smallest absolute Gasteiger partial charge is 0.321 e. The molecule has 0 bridgehead atoms. The van der Waals surface area contributed by atoms with E-state index in [1.54, 1.807) is 0 Å². The Morgan fingerprint density at radius 3 is 2.62 bits per heavy atom. The summed E-state index contributed by atoms with van der Waals surface area (Å²) < 4.78 is 5.74. The van der Waals surface area contributed by atoms with Crippen molar-refractivity contribution in [1.29, 1.82) is 0 Å². The van der Waals surface area contributed by atoms with Gasteiger partial charge in [0, 0.05) is 18.4 Å². The fraction of sp³-hybridized carbons (Fsp3) is 0.632. The van der Waals surface area contributed by atoms with Gasteiger partial charge in [-0.15, -0.1) is 0 Å². The molecule has 2 saturated carbocycles. The van der Waals surface area contributed by atoms with Gasteiger partial charge in [-0.05, 0) is 31.6 Å². The number of esters is 1. The number of carboxylic acid groups (broad SMARTS) is 1. The normalized spacial score (nSPS) is 34.6. The lowest BCUT2D eigenvalue weighted by atomic mass is 9.79. The maximum atomic E-state index is 12.5. The molecule has 0 spiro atoms. The third-order valence-corrected chi connectivity index (χ3v) is 6.14. The average Bonchev–Trinajstić information content (AvgIpc) is 3.04. The van der Waals surface area contributed by atoms with E-state index in [0.29, 0.717) is 5.92 Å². The fourth-order valence-electron chi connectivity index (χ4n) is 4.80. The largest absolute Gasteiger partial charge is 0.480 e. The molecule has 1 heterocycles. The fourth-order valence-corrected chi connectivity index (χ4v) is 4.80. The standard InChI is InChI=1S/C19H26N2O5/c1-9-3-6-12-13(8-21-14(18(23)24)7-15(20)22)19(25)26-17(12)16-10(2)4-5-11(9)16/h11-14,16-17,21H,1-8H2,(H2,20,22)(H,23,24)/t11-,12-,13-,14-,16-,17-/m0/s1. The van der Waals surface area contributed by atoms with Gasteiger partial charge in [-0.25, -0.2) is 0 Å². The Morgan fingerprint density at radius 2 is 1.96 bits per heavy atom. The summed E-state index contributed by atoms with van der Waals surface area (Å²) in [5.41, 5.74) is 7.42. The maximum Gasteiger partial charge on any atom is 0.321 e. The van der Waals surface area contributed by atoms with Crippen LogP contribution >= 0.6 is 0 Å². The van der Waals surface area contributed by atoms with Crippen molar-refractivity contribution < 1.29 is 24.2 Å². The zero-order valence-corrected chi connectivity index (χ0v) is 14.8. The predicted molar refractivity (Wildman–Crippen MR) is 93.8 cm³/mol. The van der Waals surface area contributed by atoms with E-state index in [-0.39, 0.29) is 36.9 Å². The summed E-state index contributed by atoms with van der Waals surface area (Å²) in [6, 6.07) is -1.10. The molecular formula is C19H26N2O5. The van der Waals surface area contributed by atoms with E-state index in [0.717, 1.165) is 31.3 Å². The molecule has 0 aromatic rings. The van der Waals surface area contributed by atoms with Crippen molar-refractivity contribution in [2.24, 2.45) is 29.4 Å². The average molecular weight is 362 g/mol. The zero-order chi connectivity index (χ0) is 19.0. The minimum Gasteiger partial charge on any atom is -0.480 e. The van der Waals surface area contributed by atoms with Gasteiger partial charge in [0.25, 0.3) is 0 Å². The second kappa shape index (κ2) is 7.23. The summed E-state index contributed by atoms with van der Waals surface area (Å²) in [7, 11) is 0. The Labute approximate surface area is 152 Å². The SMILES string of the molecule is C=C1CC[C@H]2C(=C)CC[C@@H]3[C@H](OC(=O)[C@H]3CN[C@@H](CC(N)=O)C(=O)O)[C@@H]12. The number of amides is 1. The van der Waals surface area contributed by atoms with E-state index < -0.39 is 23.8 Å². The summed E-state index contributed by atoms with van der Waals surface area (Å²) in [6.07, 6.45) is 3.03. The van der Waals surface area contributed by atoms with E-state index >= 15 is 0 Å². The predicted octanol–water partition coefficient (Wildman–Crippen LogP) is 0.995. The van der Waals surface area contributed by atoms with Crippen LogP contribution in [0.1, 0.15) is 32.1 Å². The van der Waals surface area contributed by atoms with Crippen LogP contribution < -0.4 is 11.1 Å². The minimum atomic E-state index is -1.16. The van der Waals surface area contributed by atoms with Crippen LogP contribution in [0.4, 0.5) is 0 Å². The lowest BCUT2D eigenvalue weighted by Gasteiger charge is -2.27. The number of allylic oxidation sites excluding steroid dienone is 1. The highest BCUT2D eigenvalue weighted by Crippen LogP contribution is 2.52. The van der Waals surface area contributed by atoms with Gasteiger partial charge < -0.3 is 20.9 Å². The molecule has 7 nitrogen and oxygen atoms in total. The number of hydrogen-bond donors (Lipinski definition) is 3. The topological polar surface area (TPSA) is 119 Å². The van der Waals surface area contributed by atoms with Crippen LogP contribution in [0.2, 0.25) is 0 Å². The molecule has 0 aromatic carbocycles. The number of ether oxygens (including phenoxy) is 1. The third-order valence-electron chi connectivity index (χ3n) is 6.14. The lowest BCUT2D eigenvalue weighted by Crippen LogP contribution is -2.44. The Bertz CT molecular complexity index is 658. The number of hydrogen-bond acceptors (Lipinski definition) is 5. The molecule has 0 aromatic heterocycles. The highest BCUT2D eigenvalue weighted by molar-refractivity contribution is 5.83. The van der Waals surface area contributed by atoms with Crippen molar-refractivity contribution in [3.63, 3.8) is 0 Å². The van der Waals surface area contributed by atoms with Crippen LogP contribution in [-0.2, 0) is 19.1 Å². The van der Waals surface area contributed by atoms with Gasteiger partial charge in [-0.3, -0.25) is 14.4 Å². The molecule has 3 rings (SSSR count). The number of fused-ring (bicyclic) bond motifs is 3. The first-order valence-electron chi connectivity index (χ1n) is 9.10. The van der Waals surface area contributed by atoms with Gasteiger partial charge in [-0.2, -0.15) is 0 Å². The first-order valence-corrected chi connectivity index (χ1v) is 9.10. The first-order chi connectivity index (χ1) is 12.3. The highest BCUT2D eigenvalue weighted by atomic mass is 16.6. The molecule has 26 heavy (non-hydrogen) atoms. The van der Waals surface area contributed by atoms with Crippen LogP contribution in [0.15, 0.2) is 24.3 Å². The van der Waals surface area contributed by atoms with Crippen LogP contribution in [0.3, 0.4) is 0 Å². The van der Waals surface area contributed by atoms with Crippen LogP contribution in [0.5, 0.6) is 0 Å². The summed E-state index contributed by atoms with van der Waals surface area (Å²) in [4.78, 5) is 34.8. The highest BCUT2D eigenvalue weighted by Gasteiger charge is 2.53. The summed E-state index contributed by atoms with van der Waals surface area (Å²) >= 11 is 0. The molecular weight excluding hydrogens is 336 g/mol. The number of nitrogens with two attached hydrogens (primary N) is 1. The van der Waals surface area contributed by atoms with Gasteiger partial charge in [-0.1, -0.05) is 24.3 Å². The molecule has 4 N–H and O–H groups in total. The van der Waals surface area contributed by atoms with E-state index in [1.807, 2.05) is 0 Å². The van der Waals surface area contributed by atoms with Crippen molar-refractivity contribution in [3.8, 4) is 0 Å². The first kappa shape index (κ1) is 18.6. The van der Waals surface area contributed by atoms with E-state index in [9.17, 15) is 19.5 Å². The second-order valence-corrected chi connectivity index (χ2v) is 7.67. The molecule has 2 aliphatic carbocycles. The van der Waals surface area contributed by atoms with Gasteiger partial charge in [0.1, 0.15) is 12.1 Å². The van der Waals surface area contributed by atoms with Crippen LogP contribution in [0.25, 0.3) is 0 Å². The molecule has 1 amide bonds. The molecule has 142 valence electrons. The van der Waals surface area contributed by atoms with Gasteiger partial charge in [0.15, 0.2) is 0 Å². The number of carboxylic acids is 1. The quantitative estimate of drug-likeness (QED) is 0.479. The van der Waals surface area contributed by atoms with Crippen LogP contribution in [0, 0.1) is 23.7 Å². The number of rotatable bonds is 6. The molecule has 7 heteroatoms. The third kappa shape index (κ3) is 3.40. The van der Waals surface area contributed by atoms with Crippen molar-refractivity contribution in [2.45, 2.75) is 44.2 Å². The Hall–Kier alpha value is -2.15. The van der Waals surface area contributed by atoms with Crippen molar-refractivity contribution >= 4 is 17.8 Å². The molecule has 1 aliphatic heterocycles. The number of carbonyl (C=O) groups is 3. The van der Waals surface area contributed by atoms with Crippen molar-refractivity contribution in [2.75, 3.05) is 6.54 Å². The molecule has 0 unspecified atom stereocenters. The Balaban J connectivity index is 1.74. The Kier molecular flexibility index (Phi) is 5.18. The lowest BCUT2D eigenvalue weighted by molar-refractivity contribution is -0.146. The van der Waals surface area contributed by atoms with Gasteiger partial charge in [0.05, 0.1) is 12.3 Å². The minimum absolute atomic E-state index is 0.000349. The number of carbonyl (C=O) groups excluding carboxylic acids is 2. The molecule has 1 saturated heterocycles. The van der Waals surface area contributed by atoms with E-state index in [4.69, 9.17) is 10.5 Å². The van der Waals surface area contributed by atoms with Crippen LogP contribution in [-0.4, -0.2) is 41.6 Å². The van der Waals surface area contributed by atoms with E-state index in [2.05, 4.69) is 18.5 Å². The zero-order valence-electron chi connectivity index (χ0n) is 14.8. The van der Waals surface area contributed by atoms with Gasteiger partial charge in [0.2, 0.25) is 5.91 Å². The number of primary amides is 1. The second-order valence-electron chi connectivity index (χ2n) is 7.67. The summed E-state index contributed by atoms with van der Waals surface area (Å²) in [5, 5.41) is 12.0. The molecule has 3 fully saturated rings. The summed E-state index contributed by atoms with van der Waals surface area (Å²) in [6.45, 7) is 8.56. The molecule has 0 radical (unpaired) electrons. The molecule has 3 aliphatic rings. The Morgan fingerprint density at radius 1 is 1.27 bits per heavy atom. The monoisotopic (exact) mass is 362 g/mol.